The number of rotatable bonds is 3. The standard InChI is InChI=1S/C28H22ClN3O/c29-24-16-20(13-19-11-6-12-30-26(19)24)22-14-21-15-23(17-7-4-5-8-17)28(33)32-27(21)31-25(22)18-9-2-1-3-10-18/h1-3,6,9-17H,4-5,7-8H2,(H,31,32,33). The molecule has 0 radical (unpaired) electrons. The lowest BCUT2D eigenvalue weighted by Crippen LogP contribution is -2.15. The number of pyridine rings is 3. The van der Waals surface area contributed by atoms with Crippen LogP contribution in [0.3, 0.4) is 0 Å². The van der Waals surface area contributed by atoms with Gasteiger partial charge in [-0.2, -0.15) is 0 Å². The molecule has 3 aromatic heterocycles. The Bertz CT molecular complexity index is 1550. The monoisotopic (exact) mass is 451 g/mol. The van der Waals surface area contributed by atoms with Crippen molar-refractivity contribution in [3.05, 3.63) is 93.9 Å². The zero-order valence-corrected chi connectivity index (χ0v) is 18.8. The third-order valence-corrected chi connectivity index (χ3v) is 6.96. The molecule has 1 saturated carbocycles. The number of aromatic amines is 1. The molecule has 5 aromatic rings. The summed E-state index contributed by atoms with van der Waals surface area (Å²) in [6, 6.07) is 22.2. The van der Waals surface area contributed by atoms with Gasteiger partial charge < -0.3 is 4.98 Å². The topological polar surface area (TPSA) is 58.6 Å². The van der Waals surface area contributed by atoms with Crippen LogP contribution < -0.4 is 5.56 Å². The molecule has 0 bridgehead atoms. The first-order valence-electron chi connectivity index (χ1n) is 11.4. The van der Waals surface area contributed by atoms with Crippen LogP contribution in [0.2, 0.25) is 5.02 Å². The molecule has 0 amide bonds. The van der Waals surface area contributed by atoms with Crippen LogP contribution >= 0.6 is 11.6 Å². The second-order valence-electron chi connectivity index (χ2n) is 8.76. The molecule has 0 aliphatic heterocycles. The summed E-state index contributed by atoms with van der Waals surface area (Å²) in [4.78, 5) is 25.3. The first-order chi connectivity index (χ1) is 16.2. The summed E-state index contributed by atoms with van der Waals surface area (Å²) in [7, 11) is 0. The summed E-state index contributed by atoms with van der Waals surface area (Å²) in [5, 5.41) is 2.52. The van der Waals surface area contributed by atoms with Gasteiger partial charge in [-0.3, -0.25) is 9.78 Å². The Hall–Kier alpha value is -3.50. The van der Waals surface area contributed by atoms with Gasteiger partial charge in [-0.25, -0.2) is 4.98 Å². The Morgan fingerprint density at radius 3 is 2.52 bits per heavy atom. The van der Waals surface area contributed by atoms with Crippen molar-refractivity contribution in [2.24, 2.45) is 0 Å². The first kappa shape index (κ1) is 20.1. The number of H-pyrrole nitrogens is 1. The minimum absolute atomic E-state index is 0.0199. The Morgan fingerprint density at radius 2 is 1.70 bits per heavy atom. The Morgan fingerprint density at radius 1 is 0.879 bits per heavy atom. The van der Waals surface area contributed by atoms with Gasteiger partial charge in [-0.1, -0.05) is 60.8 Å². The third-order valence-electron chi connectivity index (χ3n) is 6.67. The van der Waals surface area contributed by atoms with Crippen LogP contribution in [-0.4, -0.2) is 15.0 Å². The van der Waals surface area contributed by atoms with E-state index in [4.69, 9.17) is 16.6 Å². The van der Waals surface area contributed by atoms with E-state index in [0.29, 0.717) is 16.6 Å². The fourth-order valence-corrected chi connectivity index (χ4v) is 5.31. The molecule has 5 heteroatoms. The van der Waals surface area contributed by atoms with Crippen LogP contribution in [0.5, 0.6) is 0 Å². The summed E-state index contributed by atoms with van der Waals surface area (Å²) in [6.45, 7) is 0. The summed E-state index contributed by atoms with van der Waals surface area (Å²) < 4.78 is 0. The molecule has 2 aromatic carbocycles. The lowest BCUT2D eigenvalue weighted by Gasteiger charge is -2.14. The number of hydrogen-bond acceptors (Lipinski definition) is 3. The second kappa shape index (κ2) is 8.13. The molecule has 6 rings (SSSR count). The van der Waals surface area contributed by atoms with Crippen molar-refractivity contribution >= 4 is 33.5 Å². The van der Waals surface area contributed by atoms with Crippen LogP contribution in [0.1, 0.15) is 37.2 Å². The summed E-state index contributed by atoms with van der Waals surface area (Å²) >= 11 is 6.63. The van der Waals surface area contributed by atoms with Crippen molar-refractivity contribution in [3.8, 4) is 22.4 Å². The number of halogens is 1. The van der Waals surface area contributed by atoms with Crippen molar-refractivity contribution < 1.29 is 0 Å². The predicted octanol–water partition coefficient (Wildman–Crippen LogP) is 7.12. The summed E-state index contributed by atoms with van der Waals surface area (Å²) in [6.07, 6.45) is 6.26. The molecule has 3 heterocycles. The highest BCUT2D eigenvalue weighted by atomic mass is 35.5. The lowest BCUT2D eigenvalue weighted by molar-refractivity contribution is 0.713. The van der Waals surface area contributed by atoms with E-state index in [2.05, 4.69) is 22.1 Å². The highest BCUT2D eigenvalue weighted by Gasteiger charge is 2.21. The van der Waals surface area contributed by atoms with Crippen molar-refractivity contribution in [2.75, 3.05) is 0 Å². The minimum atomic E-state index is -0.0199. The molecule has 1 fully saturated rings. The normalized spacial score (nSPS) is 14.3. The average molecular weight is 452 g/mol. The number of aromatic nitrogens is 3. The lowest BCUT2D eigenvalue weighted by atomic mass is 9.95. The summed E-state index contributed by atoms with van der Waals surface area (Å²) in [5.74, 6) is 0.330. The van der Waals surface area contributed by atoms with Gasteiger partial charge in [0.2, 0.25) is 0 Å². The van der Waals surface area contributed by atoms with Crippen LogP contribution in [0, 0.1) is 0 Å². The van der Waals surface area contributed by atoms with E-state index in [1.54, 1.807) is 6.20 Å². The van der Waals surface area contributed by atoms with E-state index < -0.39 is 0 Å². The van der Waals surface area contributed by atoms with Crippen LogP contribution in [0.15, 0.2) is 77.7 Å². The van der Waals surface area contributed by atoms with Crippen molar-refractivity contribution in [2.45, 2.75) is 31.6 Å². The molecule has 1 aliphatic carbocycles. The summed E-state index contributed by atoms with van der Waals surface area (Å²) in [5.41, 5.74) is 6.00. The molecule has 33 heavy (non-hydrogen) atoms. The van der Waals surface area contributed by atoms with Gasteiger partial charge in [0.05, 0.1) is 16.2 Å². The van der Waals surface area contributed by atoms with E-state index in [9.17, 15) is 4.79 Å². The number of benzene rings is 2. The maximum absolute atomic E-state index is 12.9. The highest BCUT2D eigenvalue weighted by molar-refractivity contribution is 6.35. The number of fused-ring (bicyclic) bond motifs is 2. The minimum Gasteiger partial charge on any atom is -0.306 e. The van der Waals surface area contributed by atoms with Gasteiger partial charge in [0.25, 0.3) is 5.56 Å². The van der Waals surface area contributed by atoms with E-state index in [1.807, 2.05) is 54.6 Å². The molecule has 1 aliphatic rings. The van der Waals surface area contributed by atoms with E-state index >= 15 is 0 Å². The van der Waals surface area contributed by atoms with Gasteiger partial charge in [0.15, 0.2) is 0 Å². The fraction of sp³-hybridized carbons (Fsp3) is 0.179. The van der Waals surface area contributed by atoms with Gasteiger partial charge >= 0.3 is 0 Å². The van der Waals surface area contributed by atoms with Crippen LogP contribution in [0.25, 0.3) is 44.3 Å². The Balaban J connectivity index is 1.63. The number of nitrogens with zero attached hydrogens (tertiary/aromatic N) is 2. The molecule has 162 valence electrons. The van der Waals surface area contributed by atoms with E-state index in [-0.39, 0.29) is 5.56 Å². The number of hydrogen-bond donors (Lipinski definition) is 1. The largest absolute Gasteiger partial charge is 0.306 e. The molecular weight excluding hydrogens is 430 g/mol. The Kier molecular flexibility index (Phi) is 4.96. The zero-order chi connectivity index (χ0) is 22.4. The van der Waals surface area contributed by atoms with Gasteiger partial charge in [0, 0.05) is 33.7 Å². The highest BCUT2D eigenvalue weighted by Crippen LogP contribution is 2.38. The van der Waals surface area contributed by atoms with Crippen molar-refractivity contribution in [3.63, 3.8) is 0 Å². The fourth-order valence-electron chi connectivity index (χ4n) is 5.03. The number of nitrogens with one attached hydrogen (secondary N) is 1. The molecular formula is C28H22ClN3O. The third kappa shape index (κ3) is 3.61. The van der Waals surface area contributed by atoms with Crippen LogP contribution in [0.4, 0.5) is 0 Å². The Labute approximate surface area is 196 Å². The smallest absolute Gasteiger partial charge is 0.253 e. The van der Waals surface area contributed by atoms with E-state index in [0.717, 1.165) is 57.1 Å². The van der Waals surface area contributed by atoms with Gasteiger partial charge in [-0.15, -0.1) is 0 Å². The van der Waals surface area contributed by atoms with E-state index in [1.165, 1.54) is 12.8 Å². The van der Waals surface area contributed by atoms with Gasteiger partial charge in [-0.05, 0) is 54.7 Å². The first-order valence-corrected chi connectivity index (χ1v) is 11.7. The SMILES string of the molecule is O=c1[nH]c2nc(-c3ccccc3)c(-c3cc(Cl)c4ncccc4c3)cc2cc1C1CCCC1. The maximum atomic E-state index is 12.9. The quantitative estimate of drug-likeness (QED) is 0.317. The van der Waals surface area contributed by atoms with Crippen LogP contribution in [-0.2, 0) is 0 Å². The molecule has 0 atom stereocenters. The van der Waals surface area contributed by atoms with Crippen molar-refractivity contribution in [1.82, 2.24) is 15.0 Å². The van der Waals surface area contributed by atoms with Crippen molar-refractivity contribution in [1.29, 1.82) is 0 Å². The van der Waals surface area contributed by atoms with Gasteiger partial charge in [0.1, 0.15) is 5.65 Å². The predicted molar refractivity (Wildman–Crippen MR) is 135 cm³/mol. The zero-order valence-electron chi connectivity index (χ0n) is 18.0. The molecule has 0 saturated heterocycles. The molecule has 1 N–H and O–H groups in total. The second-order valence-corrected chi connectivity index (χ2v) is 9.16. The maximum Gasteiger partial charge on any atom is 0.253 e. The molecule has 0 spiro atoms. The molecule has 4 nitrogen and oxygen atoms in total. The average Bonchev–Trinajstić information content (AvgIpc) is 3.38. The molecule has 0 unspecified atom stereocenters.